The van der Waals surface area contributed by atoms with Crippen molar-refractivity contribution < 1.29 is 4.42 Å². The van der Waals surface area contributed by atoms with Gasteiger partial charge in [0.2, 0.25) is 0 Å². The first kappa shape index (κ1) is 10.9. The Kier molecular flexibility index (Phi) is 3.52. The van der Waals surface area contributed by atoms with Crippen molar-refractivity contribution in [2.75, 3.05) is 0 Å². The van der Waals surface area contributed by atoms with E-state index in [2.05, 4.69) is 53.9 Å². The summed E-state index contributed by atoms with van der Waals surface area (Å²) < 4.78 is 7.35. The first-order valence-electron chi connectivity index (χ1n) is 3.81. The van der Waals surface area contributed by atoms with Crippen molar-refractivity contribution in [2.24, 2.45) is 0 Å². The predicted octanol–water partition coefficient (Wildman–Crippen LogP) is 5.35. The van der Waals surface area contributed by atoms with E-state index in [1.165, 1.54) is 4.88 Å². The van der Waals surface area contributed by atoms with Gasteiger partial charge >= 0.3 is 0 Å². The summed E-state index contributed by atoms with van der Waals surface area (Å²) in [7, 11) is 0. The van der Waals surface area contributed by atoms with Crippen LogP contribution in [0.3, 0.4) is 0 Å². The average Bonchev–Trinajstić information content (AvgIpc) is 2.73. The molecule has 1 nitrogen and oxygen atoms in total. The Balaban J connectivity index is 2.28. The summed E-state index contributed by atoms with van der Waals surface area (Å²) in [5.41, 5.74) is 0. The van der Waals surface area contributed by atoms with Crippen molar-refractivity contribution in [3.8, 4) is 0 Å². The second-order valence-electron chi connectivity index (χ2n) is 2.65. The van der Waals surface area contributed by atoms with Crippen LogP contribution in [0.4, 0.5) is 0 Å². The van der Waals surface area contributed by atoms with E-state index in [0.29, 0.717) is 0 Å². The van der Waals surface area contributed by atoms with Crippen LogP contribution in [-0.4, -0.2) is 0 Å². The standard InChI is InChI=1S/C9H5Br3OS/c10-7-3-1-5(13-7)9(12)6-2-4-8(11)14-6/h1-4,9H. The topological polar surface area (TPSA) is 13.1 Å². The third kappa shape index (κ3) is 2.32. The third-order valence-electron chi connectivity index (χ3n) is 1.69. The summed E-state index contributed by atoms with van der Waals surface area (Å²) in [5.74, 6) is 0.909. The second-order valence-corrected chi connectivity index (χ2v) is 6.84. The molecule has 0 N–H and O–H groups in total. The van der Waals surface area contributed by atoms with Crippen LogP contribution < -0.4 is 0 Å². The summed E-state index contributed by atoms with van der Waals surface area (Å²) in [6, 6.07) is 7.96. The van der Waals surface area contributed by atoms with Crippen LogP contribution in [0.5, 0.6) is 0 Å². The SMILES string of the molecule is Brc1ccc(C(Br)c2ccc(Br)s2)o1. The van der Waals surface area contributed by atoms with Crippen molar-refractivity contribution in [1.29, 1.82) is 0 Å². The summed E-state index contributed by atoms with van der Waals surface area (Å²) in [6.07, 6.45) is 0. The fourth-order valence-electron chi connectivity index (χ4n) is 1.07. The van der Waals surface area contributed by atoms with Crippen LogP contribution in [0.2, 0.25) is 0 Å². The van der Waals surface area contributed by atoms with Gasteiger partial charge in [0.25, 0.3) is 0 Å². The molecular weight excluding hydrogens is 396 g/mol. The molecule has 0 radical (unpaired) electrons. The van der Waals surface area contributed by atoms with Crippen LogP contribution in [-0.2, 0) is 0 Å². The van der Waals surface area contributed by atoms with Gasteiger partial charge in [-0.2, -0.15) is 0 Å². The molecule has 0 spiro atoms. The van der Waals surface area contributed by atoms with Crippen molar-refractivity contribution in [3.05, 3.63) is 43.4 Å². The molecule has 2 aromatic heterocycles. The lowest BCUT2D eigenvalue weighted by atomic mass is 10.3. The van der Waals surface area contributed by atoms with E-state index in [4.69, 9.17) is 4.42 Å². The van der Waals surface area contributed by atoms with Gasteiger partial charge in [0, 0.05) is 4.88 Å². The molecule has 74 valence electrons. The Morgan fingerprint density at radius 3 is 2.43 bits per heavy atom. The molecule has 14 heavy (non-hydrogen) atoms. The Morgan fingerprint density at radius 1 is 1.14 bits per heavy atom. The normalized spacial score (nSPS) is 13.1. The monoisotopic (exact) mass is 398 g/mol. The van der Waals surface area contributed by atoms with Crippen molar-refractivity contribution in [3.63, 3.8) is 0 Å². The number of alkyl halides is 1. The molecule has 5 heteroatoms. The second kappa shape index (κ2) is 4.51. The molecule has 2 heterocycles. The van der Waals surface area contributed by atoms with Crippen LogP contribution >= 0.6 is 59.1 Å². The maximum Gasteiger partial charge on any atom is 0.169 e. The maximum atomic E-state index is 5.47. The molecule has 0 aliphatic rings. The Bertz CT molecular complexity index is 394. The summed E-state index contributed by atoms with van der Waals surface area (Å²) >= 11 is 12.0. The molecule has 2 aromatic rings. The van der Waals surface area contributed by atoms with Crippen LogP contribution in [0.15, 0.2) is 37.1 Å². The van der Waals surface area contributed by atoms with Gasteiger partial charge in [-0.3, -0.25) is 0 Å². The van der Waals surface area contributed by atoms with Gasteiger partial charge in [-0.15, -0.1) is 11.3 Å². The Labute approximate surface area is 111 Å². The number of thiophene rings is 1. The van der Waals surface area contributed by atoms with Crippen LogP contribution in [0.1, 0.15) is 15.5 Å². The molecule has 0 amide bonds. The van der Waals surface area contributed by atoms with E-state index in [9.17, 15) is 0 Å². The summed E-state index contributed by atoms with van der Waals surface area (Å²) in [4.78, 5) is 1.35. The maximum absolute atomic E-state index is 5.47. The zero-order chi connectivity index (χ0) is 10.1. The number of hydrogen-bond donors (Lipinski definition) is 0. The predicted molar refractivity (Wildman–Crippen MR) is 69.2 cm³/mol. The summed E-state index contributed by atoms with van der Waals surface area (Å²) in [6.45, 7) is 0. The minimum Gasteiger partial charge on any atom is -0.453 e. The van der Waals surface area contributed by atoms with Gasteiger partial charge in [-0.1, -0.05) is 15.9 Å². The number of halogens is 3. The number of rotatable bonds is 2. The minimum atomic E-state index is 0.130. The van der Waals surface area contributed by atoms with E-state index in [-0.39, 0.29) is 4.83 Å². The highest BCUT2D eigenvalue weighted by Crippen LogP contribution is 2.38. The highest BCUT2D eigenvalue weighted by molar-refractivity contribution is 9.11. The largest absolute Gasteiger partial charge is 0.453 e. The van der Waals surface area contributed by atoms with Crippen molar-refractivity contribution in [1.82, 2.24) is 0 Å². The Hall–Kier alpha value is 0.420. The van der Waals surface area contributed by atoms with Crippen LogP contribution in [0.25, 0.3) is 0 Å². The van der Waals surface area contributed by atoms with E-state index < -0.39 is 0 Å². The summed E-state index contributed by atoms with van der Waals surface area (Å²) in [5, 5.41) is 0. The van der Waals surface area contributed by atoms with Gasteiger partial charge in [-0.05, 0) is 56.1 Å². The smallest absolute Gasteiger partial charge is 0.169 e. The molecule has 0 aliphatic heterocycles. The van der Waals surface area contributed by atoms with Gasteiger partial charge in [-0.25, -0.2) is 0 Å². The molecule has 0 bridgehead atoms. The quantitative estimate of drug-likeness (QED) is 0.619. The van der Waals surface area contributed by atoms with E-state index >= 15 is 0 Å². The number of hydrogen-bond acceptors (Lipinski definition) is 2. The van der Waals surface area contributed by atoms with E-state index in [1.807, 2.05) is 18.2 Å². The van der Waals surface area contributed by atoms with Crippen molar-refractivity contribution in [2.45, 2.75) is 4.83 Å². The molecule has 0 fully saturated rings. The van der Waals surface area contributed by atoms with Crippen LogP contribution in [0, 0.1) is 0 Å². The lowest BCUT2D eigenvalue weighted by Crippen LogP contribution is -1.84. The zero-order valence-corrected chi connectivity index (χ0v) is 12.4. The fraction of sp³-hybridized carbons (Fsp3) is 0.111. The van der Waals surface area contributed by atoms with E-state index in [1.54, 1.807) is 11.3 Å². The van der Waals surface area contributed by atoms with Gasteiger partial charge in [0.05, 0.1) is 3.79 Å². The van der Waals surface area contributed by atoms with Gasteiger partial charge in [0.15, 0.2) is 4.67 Å². The molecule has 1 atom stereocenters. The molecular formula is C9H5Br3OS. The lowest BCUT2D eigenvalue weighted by molar-refractivity contribution is 0.498. The number of furan rings is 1. The highest BCUT2D eigenvalue weighted by Gasteiger charge is 2.15. The first-order chi connectivity index (χ1) is 6.66. The molecule has 0 saturated heterocycles. The lowest BCUT2D eigenvalue weighted by Gasteiger charge is -2.02. The molecule has 2 rings (SSSR count). The molecule has 0 saturated carbocycles. The van der Waals surface area contributed by atoms with Crippen molar-refractivity contribution >= 4 is 59.1 Å². The van der Waals surface area contributed by atoms with E-state index in [0.717, 1.165) is 14.2 Å². The average molecular weight is 401 g/mol. The minimum absolute atomic E-state index is 0.130. The molecule has 1 unspecified atom stereocenters. The molecule has 0 aliphatic carbocycles. The van der Waals surface area contributed by atoms with Gasteiger partial charge < -0.3 is 4.42 Å². The zero-order valence-electron chi connectivity index (χ0n) is 6.84. The first-order valence-corrected chi connectivity index (χ1v) is 7.13. The molecule has 0 aromatic carbocycles. The third-order valence-corrected chi connectivity index (χ3v) is 5.05. The Morgan fingerprint density at radius 2 is 1.93 bits per heavy atom. The fourth-order valence-corrected chi connectivity index (χ4v) is 3.48. The highest BCUT2D eigenvalue weighted by atomic mass is 79.9. The van der Waals surface area contributed by atoms with Gasteiger partial charge in [0.1, 0.15) is 10.6 Å².